The third-order valence-electron chi connectivity index (χ3n) is 3.58. The van der Waals surface area contributed by atoms with Crippen LogP contribution in [0, 0.1) is 5.92 Å². The molecular weight excluding hydrogens is 264 g/mol. The van der Waals surface area contributed by atoms with E-state index in [0.29, 0.717) is 0 Å². The monoisotopic (exact) mass is 284 g/mol. The van der Waals surface area contributed by atoms with Crippen LogP contribution in [0.25, 0.3) is 0 Å². The Bertz CT molecular complexity index is 422. The average Bonchev–Trinajstić information content (AvgIpc) is 2.37. The molecule has 5 heteroatoms. The number of thiocarbonyl (C=S) groups is 1. The molecule has 2 unspecified atom stereocenters. The van der Waals surface area contributed by atoms with Gasteiger partial charge in [-0.3, -0.25) is 4.98 Å². The van der Waals surface area contributed by atoms with Crippen molar-refractivity contribution < 1.29 is 4.55 Å². The van der Waals surface area contributed by atoms with Crippen molar-refractivity contribution in [3.63, 3.8) is 0 Å². The van der Waals surface area contributed by atoms with Crippen LogP contribution in [0.5, 0.6) is 0 Å². The minimum absolute atomic E-state index is 0.111. The van der Waals surface area contributed by atoms with Gasteiger partial charge in [0.2, 0.25) is 0 Å². The summed E-state index contributed by atoms with van der Waals surface area (Å²) < 4.78 is 10.8. The molecule has 0 aliphatic carbocycles. The molecule has 0 bridgehead atoms. The first-order valence-corrected chi connectivity index (χ1v) is 8.79. The van der Waals surface area contributed by atoms with Crippen LogP contribution in [0.15, 0.2) is 24.5 Å². The van der Waals surface area contributed by atoms with Gasteiger partial charge in [-0.2, -0.15) is 0 Å². The van der Waals surface area contributed by atoms with E-state index in [9.17, 15) is 4.55 Å². The predicted octanol–water partition coefficient (Wildman–Crippen LogP) is 2.99. The highest BCUT2D eigenvalue weighted by atomic mass is 32.3. The molecule has 0 radical (unpaired) electrons. The van der Waals surface area contributed by atoms with Crippen molar-refractivity contribution in [1.29, 1.82) is 0 Å². The number of hydrogen-bond donors (Lipinski definition) is 2. The fraction of sp³-hybridized carbons (Fsp3) is 0.538. The maximum Gasteiger partial charge on any atom is 0.0796 e. The lowest BCUT2D eigenvalue weighted by molar-refractivity contribution is 0.511. The fourth-order valence-electron chi connectivity index (χ4n) is 2.75. The summed E-state index contributed by atoms with van der Waals surface area (Å²) in [4.78, 5) is 5.04. The summed E-state index contributed by atoms with van der Waals surface area (Å²) in [7, 11) is 0.214. The molecule has 1 aliphatic rings. The van der Waals surface area contributed by atoms with Gasteiger partial charge in [0.15, 0.2) is 0 Å². The molecule has 2 rings (SSSR count). The van der Waals surface area contributed by atoms with Crippen LogP contribution in [-0.2, 0) is 0 Å². The van der Waals surface area contributed by atoms with Crippen molar-refractivity contribution in [3.8, 4) is 0 Å². The third-order valence-corrected chi connectivity index (χ3v) is 6.90. The van der Waals surface area contributed by atoms with Crippen molar-refractivity contribution in [3.05, 3.63) is 30.1 Å². The summed E-state index contributed by atoms with van der Waals surface area (Å²) in [6, 6.07) is 3.98. The second-order valence-electron chi connectivity index (χ2n) is 4.88. The number of rotatable bonds is 2. The Morgan fingerprint density at radius 3 is 3.00 bits per heavy atom. The van der Waals surface area contributed by atoms with E-state index < -0.39 is 10.3 Å². The average molecular weight is 284 g/mol. The Morgan fingerprint density at radius 2 is 2.39 bits per heavy atom. The van der Waals surface area contributed by atoms with E-state index in [4.69, 9.17) is 12.2 Å². The standard InChI is InChI=1S/C13H20N2OS2/c1-14-13(17)11-6-4-8-18(2,16)12(11)10-5-3-7-15-9-10/h3,5,7,9,11-12,16H,4,6,8H2,1-2H3,(H,14,17)/t11-,12?/m1/s1. The van der Waals surface area contributed by atoms with Crippen LogP contribution in [0.1, 0.15) is 23.7 Å². The van der Waals surface area contributed by atoms with Gasteiger partial charge in [0.05, 0.1) is 4.99 Å². The number of hydrogen-bond acceptors (Lipinski definition) is 3. The Morgan fingerprint density at radius 1 is 1.61 bits per heavy atom. The van der Waals surface area contributed by atoms with Crippen LogP contribution < -0.4 is 5.32 Å². The van der Waals surface area contributed by atoms with Gasteiger partial charge in [-0.05, 0) is 36.5 Å². The van der Waals surface area contributed by atoms with E-state index in [1.807, 2.05) is 25.6 Å². The van der Waals surface area contributed by atoms with Gasteiger partial charge in [0.25, 0.3) is 0 Å². The van der Waals surface area contributed by atoms with Gasteiger partial charge in [-0.25, -0.2) is 0 Å². The van der Waals surface area contributed by atoms with Crippen molar-refractivity contribution in [2.24, 2.45) is 5.92 Å². The van der Waals surface area contributed by atoms with Crippen molar-refractivity contribution >= 4 is 27.5 Å². The summed E-state index contributed by atoms with van der Waals surface area (Å²) >= 11 is 5.43. The second-order valence-corrected chi connectivity index (χ2v) is 8.45. The number of aromatic nitrogens is 1. The van der Waals surface area contributed by atoms with E-state index in [0.717, 1.165) is 29.1 Å². The lowest BCUT2D eigenvalue weighted by Gasteiger charge is -2.46. The lowest BCUT2D eigenvalue weighted by atomic mass is 9.94. The van der Waals surface area contributed by atoms with Crippen LogP contribution in [0.2, 0.25) is 0 Å². The number of pyridine rings is 1. The normalized spacial score (nSPS) is 35.5. The maximum absolute atomic E-state index is 10.8. The minimum atomic E-state index is -1.65. The Labute approximate surface area is 116 Å². The molecule has 1 fully saturated rings. The molecule has 1 aromatic heterocycles. The summed E-state index contributed by atoms with van der Waals surface area (Å²) in [5, 5.41) is 3.20. The smallest absolute Gasteiger partial charge is 0.0796 e. The molecule has 2 heterocycles. The Hall–Kier alpha value is -0.650. The molecule has 0 saturated carbocycles. The summed E-state index contributed by atoms with van der Waals surface area (Å²) in [6.07, 6.45) is 7.72. The highest BCUT2D eigenvalue weighted by molar-refractivity contribution is 8.28. The van der Waals surface area contributed by atoms with Crippen molar-refractivity contribution in [1.82, 2.24) is 10.3 Å². The molecular formula is C13H20N2OS2. The summed E-state index contributed by atoms with van der Waals surface area (Å²) in [5.41, 5.74) is 1.11. The zero-order valence-corrected chi connectivity index (χ0v) is 12.4. The van der Waals surface area contributed by atoms with E-state index >= 15 is 0 Å². The largest absolute Gasteiger partial charge is 0.382 e. The zero-order valence-electron chi connectivity index (χ0n) is 10.8. The molecule has 0 aromatic carbocycles. The number of nitrogens with one attached hydrogen (secondary N) is 1. The third kappa shape index (κ3) is 2.68. The summed E-state index contributed by atoms with van der Waals surface area (Å²) in [5.74, 6) is 1.13. The topological polar surface area (TPSA) is 45.1 Å². The first-order chi connectivity index (χ1) is 8.56. The van der Waals surface area contributed by atoms with Gasteiger partial charge < -0.3 is 9.87 Å². The molecule has 1 aromatic rings. The van der Waals surface area contributed by atoms with Gasteiger partial charge in [0.1, 0.15) is 0 Å². The van der Waals surface area contributed by atoms with Crippen molar-refractivity contribution in [2.75, 3.05) is 19.1 Å². The van der Waals surface area contributed by atoms with E-state index in [-0.39, 0.29) is 11.2 Å². The van der Waals surface area contributed by atoms with Crippen molar-refractivity contribution in [2.45, 2.75) is 18.1 Å². The first-order valence-electron chi connectivity index (χ1n) is 6.15. The van der Waals surface area contributed by atoms with Crippen LogP contribution >= 0.6 is 22.5 Å². The molecule has 0 spiro atoms. The van der Waals surface area contributed by atoms with Gasteiger partial charge in [-0.15, -0.1) is 10.3 Å². The van der Waals surface area contributed by atoms with Gasteiger partial charge in [-0.1, -0.05) is 18.3 Å². The second kappa shape index (κ2) is 5.55. The molecule has 3 atom stereocenters. The lowest BCUT2D eigenvalue weighted by Crippen LogP contribution is -2.36. The molecule has 3 nitrogen and oxygen atoms in total. The highest BCUT2D eigenvalue weighted by Crippen LogP contribution is 2.61. The minimum Gasteiger partial charge on any atom is -0.382 e. The fourth-order valence-corrected chi connectivity index (χ4v) is 5.80. The molecule has 0 amide bonds. The highest BCUT2D eigenvalue weighted by Gasteiger charge is 2.40. The van der Waals surface area contributed by atoms with Crippen LogP contribution in [0.4, 0.5) is 0 Å². The quantitative estimate of drug-likeness (QED) is 0.820. The SMILES string of the molecule is CNC(=S)[C@@H]1CCCS(C)(O)C1c1cccnc1. The van der Waals surface area contributed by atoms with E-state index in [1.54, 1.807) is 6.20 Å². The number of nitrogens with zero attached hydrogens (tertiary/aromatic N) is 1. The summed E-state index contributed by atoms with van der Waals surface area (Å²) in [6.45, 7) is 0. The predicted molar refractivity (Wildman–Crippen MR) is 82.4 cm³/mol. The molecule has 1 aliphatic heterocycles. The van der Waals surface area contributed by atoms with E-state index in [2.05, 4.69) is 16.4 Å². The van der Waals surface area contributed by atoms with Crippen LogP contribution in [0.3, 0.4) is 0 Å². The van der Waals surface area contributed by atoms with Gasteiger partial charge >= 0.3 is 0 Å². The van der Waals surface area contributed by atoms with Gasteiger partial charge in [0, 0.05) is 30.6 Å². The molecule has 2 N–H and O–H groups in total. The van der Waals surface area contributed by atoms with Crippen LogP contribution in [-0.4, -0.2) is 33.6 Å². The van der Waals surface area contributed by atoms with E-state index in [1.165, 1.54) is 0 Å². The molecule has 1 saturated heterocycles. The Kier molecular flexibility index (Phi) is 4.25. The maximum atomic E-state index is 10.8. The molecule has 100 valence electrons. The molecule has 18 heavy (non-hydrogen) atoms. The zero-order chi connectivity index (χ0) is 13.2. The first kappa shape index (κ1) is 13.8. The Balaban J connectivity index is 2.38.